The number of rotatable bonds is 5. The summed E-state index contributed by atoms with van der Waals surface area (Å²) in [5.74, 6) is 0. The second-order valence-corrected chi connectivity index (χ2v) is 16.6. The standard InChI is InChI=1S/C55H31F9N4/c1-30-11-16-37(31(2)21-30)33-13-19-49-42(23-33)40-7-3-5-9-47(40)67(49)51-25-35(39-17-12-32(28-65)22-45(39)54(59,60)61)26-52(44(51)29-66)68-48-10-6-4-8-41(48)43-24-34(14-20-50(43)68)38-18-15-36(53(56,57)58)27-46(38)55(62,63)64/h3-27H,1-2H3. The number of nitrogens with zero attached hydrogens (tertiary/aromatic N) is 4. The first-order chi connectivity index (χ1) is 32.3. The van der Waals surface area contributed by atoms with Crippen molar-refractivity contribution < 1.29 is 39.5 Å². The Morgan fingerprint density at radius 2 is 0.897 bits per heavy atom. The molecule has 0 amide bonds. The van der Waals surface area contributed by atoms with Gasteiger partial charge in [0.15, 0.2) is 0 Å². The van der Waals surface area contributed by atoms with Crippen molar-refractivity contribution in [3.8, 4) is 56.9 Å². The van der Waals surface area contributed by atoms with Gasteiger partial charge in [-0.1, -0.05) is 84.4 Å². The molecular formula is C55H31F9N4. The van der Waals surface area contributed by atoms with Gasteiger partial charge in [-0.05, 0) is 126 Å². The Morgan fingerprint density at radius 3 is 1.41 bits per heavy atom. The minimum absolute atomic E-state index is 0.0331. The molecule has 8 aromatic carbocycles. The Labute approximate surface area is 381 Å². The summed E-state index contributed by atoms with van der Waals surface area (Å²) >= 11 is 0. The van der Waals surface area contributed by atoms with E-state index in [2.05, 4.69) is 12.1 Å². The molecule has 10 aromatic rings. The third-order valence-electron chi connectivity index (χ3n) is 12.5. The van der Waals surface area contributed by atoms with Crippen molar-refractivity contribution in [3.63, 3.8) is 0 Å². The molecule has 0 bridgehead atoms. The normalized spacial score (nSPS) is 12.3. The molecule has 2 heterocycles. The lowest BCUT2D eigenvalue weighted by Gasteiger charge is -2.20. The predicted molar refractivity (Wildman–Crippen MR) is 245 cm³/mol. The van der Waals surface area contributed by atoms with Gasteiger partial charge in [0.05, 0.1) is 61.8 Å². The van der Waals surface area contributed by atoms with Crippen LogP contribution in [0.15, 0.2) is 152 Å². The van der Waals surface area contributed by atoms with Crippen LogP contribution < -0.4 is 0 Å². The number of halogens is 9. The fraction of sp³-hybridized carbons (Fsp3) is 0.0909. The topological polar surface area (TPSA) is 57.4 Å². The van der Waals surface area contributed by atoms with Crippen LogP contribution in [0.3, 0.4) is 0 Å². The van der Waals surface area contributed by atoms with Crippen molar-refractivity contribution in [1.29, 1.82) is 10.5 Å². The highest BCUT2D eigenvalue weighted by molar-refractivity contribution is 6.12. The highest BCUT2D eigenvalue weighted by atomic mass is 19.4. The quantitative estimate of drug-likeness (QED) is 0.162. The lowest BCUT2D eigenvalue weighted by atomic mass is 9.94. The molecule has 0 radical (unpaired) electrons. The average molecular weight is 919 g/mol. The molecule has 13 heteroatoms. The van der Waals surface area contributed by atoms with Gasteiger partial charge < -0.3 is 9.13 Å². The van der Waals surface area contributed by atoms with Gasteiger partial charge in [0, 0.05) is 21.5 Å². The van der Waals surface area contributed by atoms with Crippen molar-refractivity contribution in [2.24, 2.45) is 0 Å². The molecular weight excluding hydrogens is 888 g/mol. The van der Waals surface area contributed by atoms with Gasteiger partial charge in [0.1, 0.15) is 11.6 Å². The predicted octanol–water partition coefficient (Wildman–Crippen LogP) is 16.3. The number of fused-ring (bicyclic) bond motifs is 6. The zero-order valence-electron chi connectivity index (χ0n) is 35.6. The number of aryl methyl sites for hydroxylation is 2. The van der Waals surface area contributed by atoms with Crippen LogP contribution >= 0.6 is 0 Å². The minimum atomic E-state index is -5.16. The van der Waals surface area contributed by atoms with Crippen LogP contribution in [0.2, 0.25) is 0 Å². The molecule has 0 fully saturated rings. The van der Waals surface area contributed by atoms with E-state index in [9.17, 15) is 36.9 Å². The van der Waals surface area contributed by atoms with Crippen LogP contribution in [0.25, 0.3) is 88.4 Å². The summed E-state index contributed by atoms with van der Waals surface area (Å²) in [4.78, 5) is 0. The summed E-state index contributed by atoms with van der Waals surface area (Å²) in [6.45, 7) is 4.02. The third-order valence-corrected chi connectivity index (χ3v) is 12.5. The maximum atomic E-state index is 15.1. The van der Waals surface area contributed by atoms with E-state index in [1.807, 2.05) is 73.0 Å². The summed E-state index contributed by atoms with van der Waals surface area (Å²) < 4.78 is 133. The van der Waals surface area contributed by atoms with Crippen molar-refractivity contribution in [2.45, 2.75) is 32.4 Å². The van der Waals surface area contributed by atoms with Gasteiger partial charge in [-0.25, -0.2) is 0 Å². The molecule has 68 heavy (non-hydrogen) atoms. The molecule has 0 saturated heterocycles. The largest absolute Gasteiger partial charge is 0.417 e. The maximum absolute atomic E-state index is 15.1. The number of para-hydroxylation sites is 2. The first-order valence-corrected chi connectivity index (χ1v) is 21.0. The average Bonchev–Trinajstić information content (AvgIpc) is 3.82. The number of alkyl halides is 9. The molecule has 0 atom stereocenters. The summed E-state index contributed by atoms with van der Waals surface area (Å²) in [5.41, 5.74) is 1.41. The maximum Gasteiger partial charge on any atom is 0.417 e. The van der Waals surface area contributed by atoms with Crippen molar-refractivity contribution in [1.82, 2.24) is 9.13 Å². The number of hydrogen-bond acceptors (Lipinski definition) is 2. The Hall–Kier alpha value is -8.29. The summed E-state index contributed by atoms with van der Waals surface area (Å²) in [6.07, 6.45) is -15.1. The molecule has 0 aliphatic heterocycles. The van der Waals surface area contributed by atoms with Crippen LogP contribution in [-0.4, -0.2) is 9.13 Å². The number of nitriles is 2. The molecule has 4 nitrogen and oxygen atoms in total. The zero-order valence-corrected chi connectivity index (χ0v) is 35.6. The molecule has 0 spiro atoms. The van der Waals surface area contributed by atoms with E-state index in [-0.39, 0.29) is 45.3 Å². The van der Waals surface area contributed by atoms with Crippen molar-refractivity contribution in [2.75, 3.05) is 0 Å². The Bertz CT molecular complexity index is 3820. The van der Waals surface area contributed by atoms with E-state index < -0.39 is 40.8 Å². The van der Waals surface area contributed by atoms with Crippen molar-refractivity contribution >= 4 is 43.6 Å². The van der Waals surface area contributed by atoms with E-state index in [1.165, 1.54) is 42.5 Å². The van der Waals surface area contributed by atoms with Crippen molar-refractivity contribution in [3.05, 3.63) is 191 Å². The molecule has 10 rings (SSSR count). The Morgan fingerprint density at radius 1 is 0.412 bits per heavy atom. The molecule has 2 aromatic heterocycles. The molecule has 0 aliphatic rings. The molecule has 0 N–H and O–H groups in total. The highest BCUT2D eigenvalue weighted by Crippen LogP contribution is 2.46. The molecule has 0 saturated carbocycles. The Balaban J connectivity index is 1.30. The van der Waals surface area contributed by atoms with Gasteiger partial charge in [-0.3, -0.25) is 0 Å². The SMILES string of the molecule is Cc1ccc(-c2ccc3c(c2)c2ccccc2n3-c2cc(-c3ccc(C#N)cc3C(F)(F)F)cc(-n3c4ccccc4c4cc(-c5ccc(C(F)(F)F)cc5C(F)(F)F)ccc43)c2C#N)c(C)c1. The van der Waals surface area contributed by atoms with Gasteiger partial charge in [-0.2, -0.15) is 50.0 Å². The number of aromatic nitrogens is 2. The Kier molecular flexibility index (Phi) is 10.0. The summed E-state index contributed by atoms with van der Waals surface area (Å²) in [5, 5.41) is 23.4. The fourth-order valence-electron chi connectivity index (χ4n) is 9.48. The monoisotopic (exact) mass is 918 g/mol. The lowest BCUT2D eigenvalue weighted by molar-refractivity contribution is -0.143. The van der Waals surface area contributed by atoms with E-state index in [0.29, 0.717) is 38.9 Å². The highest BCUT2D eigenvalue weighted by Gasteiger charge is 2.39. The summed E-state index contributed by atoms with van der Waals surface area (Å²) in [7, 11) is 0. The minimum Gasteiger partial charge on any atom is -0.308 e. The second kappa shape index (κ2) is 15.7. The molecule has 334 valence electrons. The van der Waals surface area contributed by atoms with Gasteiger partial charge in [0.25, 0.3) is 0 Å². The first-order valence-electron chi connectivity index (χ1n) is 21.0. The van der Waals surface area contributed by atoms with Gasteiger partial charge in [-0.15, -0.1) is 0 Å². The van der Waals surface area contributed by atoms with E-state index in [0.717, 1.165) is 45.2 Å². The van der Waals surface area contributed by atoms with Crippen LogP contribution in [0.4, 0.5) is 39.5 Å². The van der Waals surface area contributed by atoms with E-state index in [4.69, 9.17) is 0 Å². The first kappa shape index (κ1) is 43.6. The fourth-order valence-corrected chi connectivity index (χ4v) is 9.48. The summed E-state index contributed by atoms with van der Waals surface area (Å²) in [6, 6.07) is 42.2. The van der Waals surface area contributed by atoms with Crippen LogP contribution in [0, 0.1) is 36.5 Å². The zero-order chi connectivity index (χ0) is 48.0. The lowest BCUT2D eigenvalue weighted by Crippen LogP contribution is -2.12. The van der Waals surface area contributed by atoms with Gasteiger partial charge >= 0.3 is 18.5 Å². The van der Waals surface area contributed by atoms with Gasteiger partial charge in [0.2, 0.25) is 0 Å². The van der Waals surface area contributed by atoms with E-state index >= 15 is 13.2 Å². The second-order valence-electron chi connectivity index (χ2n) is 16.6. The number of benzene rings is 8. The smallest absolute Gasteiger partial charge is 0.308 e. The number of hydrogen-bond donors (Lipinski definition) is 0. The molecule has 0 unspecified atom stereocenters. The van der Waals surface area contributed by atoms with Crippen LogP contribution in [0.5, 0.6) is 0 Å². The van der Waals surface area contributed by atoms with Crippen LogP contribution in [0.1, 0.15) is 38.9 Å². The van der Waals surface area contributed by atoms with E-state index in [1.54, 1.807) is 34.9 Å². The third kappa shape index (κ3) is 7.19. The molecule has 0 aliphatic carbocycles. The van der Waals surface area contributed by atoms with Crippen LogP contribution in [-0.2, 0) is 18.5 Å².